The maximum atomic E-state index is 12.3. The summed E-state index contributed by atoms with van der Waals surface area (Å²) < 4.78 is 6.98. The Kier molecular flexibility index (Phi) is 3.48. The van der Waals surface area contributed by atoms with Gasteiger partial charge in [-0.1, -0.05) is 0 Å². The number of likely N-dealkylation sites (tertiary alicyclic amines) is 1. The van der Waals surface area contributed by atoms with Crippen LogP contribution in [0.4, 0.5) is 0 Å². The van der Waals surface area contributed by atoms with Gasteiger partial charge in [-0.3, -0.25) is 14.3 Å². The molecule has 1 N–H and O–H groups in total. The first kappa shape index (κ1) is 14.4. The van der Waals surface area contributed by atoms with Crippen LogP contribution in [-0.4, -0.2) is 31.7 Å². The van der Waals surface area contributed by atoms with Crippen LogP contribution in [0, 0.1) is 12.8 Å². The Morgan fingerprint density at radius 3 is 2.86 bits per heavy atom. The van der Waals surface area contributed by atoms with Crippen molar-refractivity contribution < 1.29 is 19.1 Å². The van der Waals surface area contributed by atoms with E-state index in [1.165, 1.54) is 6.26 Å². The number of aromatic nitrogens is 2. The maximum Gasteiger partial charge on any atom is 0.309 e. The zero-order valence-electron chi connectivity index (χ0n) is 12.4. The summed E-state index contributed by atoms with van der Waals surface area (Å²) in [5.41, 5.74) is 1.63. The molecule has 116 valence electrons. The standard InChI is InChI=1S/C15H17N3O4/c1-9-12(7-16-17(9)2)14-11(15(20)21)6-13(19)18(14)8-10-4-3-5-22-10/h3-5,7,11,14H,6,8H2,1-2H3,(H,20,21)/t11-,14-/m0/s1. The molecular weight excluding hydrogens is 286 g/mol. The summed E-state index contributed by atoms with van der Waals surface area (Å²) in [6, 6.07) is 2.99. The fourth-order valence-corrected chi connectivity index (χ4v) is 2.96. The number of aryl methyl sites for hydroxylation is 1. The van der Waals surface area contributed by atoms with E-state index >= 15 is 0 Å². The molecule has 7 nitrogen and oxygen atoms in total. The van der Waals surface area contributed by atoms with Crippen LogP contribution in [0.2, 0.25) is 0 Å². The number of furan rings is 1. The first-order chi connectivity index (χ1) is 10.5. The Morgan fingerprint density at radius 2 is 2.32 bits per heavy atom. The second-order valence-electron chi connectivity index (χ2n) is 5.50. The van der Waals surface area contributed by atoms with E-state index < -0.39 is 17.9 Å². The third kappa shape index (κ3) is 2.28. The van der Waals surface area contributed by atoms with Crippen LogP contribution in [0.3, 0.4) is 0 Å². The minimum atomic E-state index is -0.969. The summed E-state index contributed by atoms with van der Waals surface area (Å²) in [5.74, 6) is -1.29. The van der Waals surface area contributed by atoms with Gasteiger partial charge in [-0.25, -0.2) is 0 Å². The van der Waals surface area contributed by atoms with Crippen LogP contribution in [0.5, 0.6) is 0 Å². The van der Waals surface area contributed by atoms with Gasteiger partial charge in [-0.2, -0.15) is 5.10 Å². The van der Waals surface area contributed by atoms with Crippen LogP contribution in [0.25, 0.3) is 0 Å². The largest absolute Gasteiger partial charge is 0.481 e. The van der Waals surface area contributed by atoms with Crippen molar-refractivity contribution in [2.24, 2.45) is 13.0 Å². The molecular formula is C15H17N3O4. The molecule has 0 spiro atoms. The minimum Gasteiger partial charge on any atom is -0.481 e. The summed E-state index contributed by atoms with van der Waals surface area (Å²) in [7, 11) is 1.79. The molecule has 1 aliphatic heterocycles. The average molecular weight is 303 g/mol. The van der Waals surface area contributed by atoms with Crippen molar-refractivity contribution in [3.05, 3.63) is 41.6 Å². The number of carbonyl (C=O) groups excluding carboxylic acids is 1. The summed E-state index contributed by atoms with van der Waals surface area (Å²) in [5, 5.41) is 13.6. The van der Waals surface area contributed by atoms with Crippen LogP contribution >= 0.6 is 0 Å². The Hall–Kier alpha value is -2.57. The van der Waals surface area contributed by atoms with E-state index in [0.29, 0.717) is 5.76 Å². The minimum absolute atomic E-state index is 0.00492. The number of hydrogen-bond acceptors (Lipinski definition) is 4. The molecule has 1 aliphatic rings. The number of carbonyl (C=O) groups is 2. The number of carboxylic acid groups (broad SMARTS) is 1. The summed E-state index contributed by atoms with van der Waals surface area (Å²) in [6.45, 7) is 2.13. The fraction of sp³-hybridized carbons (Fsp3) is 0.400. The molecule has 0 radical (unpaired) electrons. The Bertz CT molecular complexity index is 704. The first-order valence-corrected chi connectivity index (χ1v) is 7.02. The van der Waals surface area contributed by atoms with E-state index in [1.807, 2.05) is 6.92 Å². The molecule has 0 unspecified atom stereocenters. The van der Waals surface area contributed by atoms with Gasteiger partial charge in [0.05, 0.1) is 31.0 Å². The normalized spacial score (nSPS) is 21.5. The second kappa shape index (κ2) is 5.32. The van der Waals surface area contributed by atoms with Crippen LogP contribution < -0.4 is 0 Å². The molecule has 0 aliphatic carbocycles. The molecule has 0 bridgehead atoms. The lowest BCUT2D eigenvalue weighted by Crippen LogP contribution is -2.30. The summed E-state index contributed by atoms with van der Waals surface area (Å²) in [6.07, 6.45) is 3.17. The van der Waals surface area contributed by atoms with Gasteiger partial charge in [-0.15, -0.1) is 0 Å². The molecule has 22 heavy (non-hydrogen) atoms. The lowest BCUT2D eigenvalue weighted by atomic mass is 9.94. The first-order valence-electron chi connectivity index (χ1n) is 7.02. The number of rotatable bonds is 4. The monoisotopic (exact) mass is 303 g/mol. The van der Waals surface area contributed by atoms with Gasteiger partial charge in [0.2, 0.25) is 5.91 Å². The van der Waals surface area contributed by atoms with Crippen LogP contribution in [0.1, 0.15) is 29.5 Å². The Labute approximate surface area is 127 Å². The molecule has 1 amide bonds. The molecule has 1 saturated heterocycles. The van der Waals surface area contributed by atoms with Gasteiger partial charge in [-0.05, 0) is 19.1 Å². The van der Waals surface area contributed by atoms with E-state index in [4.69, 9.17) is 4.42 Å². The second-order valence-corrected chi connectivity index (χ2v) is 5.50. The zero-order chi connectivity index (χ0) is 15.9. The quantitative estimate of drug-likeness (QED) is 0.924. The topological polar surface area (TPSA) is 88.6 Å². The molecule has 2 aromatic heterocycles. The van der Waals surface area contributed by atoms with Gasteiger partial charge in [0.25, 0.3) is 0 Å². The van der Waals surface area contributed by atoms with E-state index in [0.717, 1.165) is 11.3 Å². The molecule has 3 heterocycles. The van der Waals surface area contributed by atoms with Crippen LogP contribution in [0.15, 0.2) is 29.0 Å². The van der Waals surface area contributed by atoms with E-state index in [2.05, 4.69) is 5.10 Å². The van der Waals surface area contributed by atoms with Crippen molar-refractivity contribution in [2.45, 2.75) is 25.9 Å². The van der Waals surface area contributed by atoms with Crippen molar-refractivity contribution in [1.29, 1.82) is 0 Å². The summed E-state index contributed by atoms with van der Waals surface area (Å²) in [4.78, 5) is 25.4. The lowest BCUT2D eigenvalue weighted by molar-refractivity contribution is -0.142. The number of nitrogens with zero attached hydrogens (tertiary/aromatic N) is 3. The molecule has 0 saturated carbocycles. The number of amides is 1. The Balaban J connectivity index is 2.00. The zero-order valence-corrected chi connectivity index (χ0v) is 12.4. The van der Waals surface area contributed by atoms with Gasteiger partial charge >= 0.3 is 5.97 Å². The molecule has 7 heteroatoms. The number of carboxylic acids is 1. The Morgan fingerprint density at radius 1 is 1.55 bits per heavy atom. The van der Waals surface area contributed by atoms with Crippen LogP contribution in [-0.2, 0) is 23.2 Å². The molecule has 2 atom stereocenters. The van der Waals surface area contributed by atoms with E-state index in [1.54, 1.807) is 35.0 Å². The van der Waals surface area contributed by atoms with E-state index in [-0.39, 0.29) is 18.9 Å². The third-order valence-corrected chi connectivity index (χ3v) is 4.25. The van der Waals surface area contributed by atoms with Crippen molar-refractivity contribution >= 4 is 11.9 Å². The highest BCUT2D eigenvalue weighted by atomic mass is 16.4. The van der Waals surface area contributed by atoms with Gasteiger partial charge < -0.3 is 14.4 Å². The van der Waals surface area contributed by atoms with Gasteiger partial charge in [0.1, 0.15) is 5.76 Å². The number of hydrogen-bond donors (Lipinski definition) is 1. The number of aliphatic carboxylic acids is 1. The van der Waals surface area contributed by atoms with Crippen molar-refractivity contribution in [1.82, 2.24) is 14.7 Å². The lowest BCUT2D eigenvalue weighted by Gasteiger charge is -2.26. The van der Waals surface area contributed by atoms with E-state index in [9.17, 15) is 14.7 Å². The predicted molar refractivity (Wildman–Crippen MR) is 75.7 cm³/mol. The van der Waals surface area contributed by atoms with Gasteiger partial charge in [0, 0.05) is 24.7 Å². The molecule has 3 rings (SSSR count). The fourth-order valence-electron chi connectivity index (χ4n) is 2.96. The van der Waals surface area contributed by atoms with Crippen molar-refractivity contribution in [2.75, 3.05) is 0 Å². The smallest absolute Gasteiger partial charge is 0.309 e. The third-order valence-electron chi connectivity index (χ3n) is 4.25. The highest BCUT2D eigenvalue weighted by Crippen LogP contribution is 2.40. The summed E-state index contributed by atoms with van der Waals surface area (Å²) >= 11 is 0. The average Bonchev–Trinajstić information content (AvgIpc) is 3.16. The van der Waals surface area contributed by atoms with Crippen molar-refractivity contribution in [3.63, 3.8) is 0 Å². The molecule has 0 aromatic carbocycles. The SMILES string of the molecule is Cc1c([C@@H]2[C@@H](C(=O)O)CC(=O)N2Cc2ccco2)cnn1C. The maximum absolute atomic E-state index is 12.3. The highest BCUT2D eigenvalue weighted by molar-refractivity contribution is 5.87. The highest BCUT2D eigenvalue weighted by Gasteiger charge is 2.46. The van der Waals surface area contributed by atoms with Crippen molar-refractivity contribution in [3.8, 4) is 0 Å². The van der Waals surface area contributed by atoms with Gasteiger partial charge in [0.15, 0.2) is 0 Å². The predicted octanol–water partition coefficient (Wildman–Crippen LogP) is 1.50. The molecule has 2 aromatic rings. The molecule has 1 fully saturated rings.